The molecule has 0 saturated heterocycles. The first kappa shape index (κ1) is 8.56. The summed E-state index contributed by atoms with van der Waals surface area (Å²) in [6.45, 7) is 5.68. The quantitative estimate of drug-likeness (QED) is 0.445. The fourth-order valence-corrected chi connectivity index (χ4v) is 0.897. The Hall–Kier alpha value is -0.440. The van der Waals surface area contributed by atoms with Crippen molar-refractivity contribution in [1.82, 2.24) is 5.32 Å². The zero-order valence-electron chi connectivity index (χ0n) is 6.06. The minimum atomic E-state index is 0.905. The van der Waals surface area contributed by atoms with Gasteiger partial charge in [0.15, 0.2) is 5.17 Å². The molecule has 0 rings (SSSR count). The van der Waals surface area contributed by atoms with Gasteiger partial charge < -0.3 is 5.32 Å². The zero-order valence-corrected chi connectivity index (χ0v) is 6.88. The first-order chi connectivity index (χ1) is 4.20. The Kier molecular flexibility index (Phi) is 4.22. The van der Waals surface area contributed by atoms with Crippen LogP contribution in [0.25, 0.3) is 0 Å². The van der Waals surface area contributed by atoms with E-state index < -0.39 is 0 Å². The summed E-state index contributed by atoms with van der Waals surface area (Å²) >= 11 is 1.54. The molecule has 0 spiro atoms. The van der Waals surface area contributed by atoms with Crippen LogP contribution in [0.2, 0.25) is 0 Å². The molecular formula is C6H12N2S. The molecule has 0 saturated carbocycles. The highest BCUT2D eigenvalue weighted by atomic mass is 32.2. The number of nitrogens with zero attached hydrogens (tertiary/aromatic N) is 1. The third-order valence-electron chi connectivity index (χ3n) is 0.688. The van der Waals surface area contributed by atoms with Gasteiger partial charge in [0.05, 0.1) is 0 Å². The van der Waals surface area contributed by atoms with Crippen molar-refractivity contribution in [1.29, 1.82) is 0 Å². The van der Waals surface area contributed by atoms with Gasteiger partial charge in [0.1, 0.15) is 0 Å². The van der Waals surface area contributed by atoms with Gasteiger partial charge in [0.2, 0.25) is 0 Å². The van der Waals surface area contributed by atoms with E-state index in [0.29, 0.717) is 0 Å². The molecule has 0 bridgehead atoms. The fourth-order valence-electron chi connectivity index (χ4n) is 0.374. The van der Waals surface area contributed by atoms with Crippen molar-refractivity contribution < 1.29 is 0 Å². The highest BCUT2D eigenvalue weighted by Gasteiger charge is 1.92. The van der Waals surface area contributed by atoms with Crippen LogP contribution in [-0.2, 0) is 0 Å². The Morgan fingerprint density at radius 3 is 2.33 bits per heavy atom. The highest BCUT2D eigenvalue weighted by Crippen LogP contribution is 2.11. The van der Waals surface area contributed by atoms with Crippen LogP contribution in [-0.4, -0.2) is 19.3 Å². The van der Waals surface area contributed by atoms with Crippen LogP contribution < -0.4 is 5.32 Å². The Morgan fingerprint density at radius 1 is 1.67 bits per heavy atom. The van der Waals surface area contributed by atoms with Crippen molar-refractivity contribution >= 4 is 16.9 Å². The summed E-state index contributed by atoms with van der Waals surface area (Å²) in [5.74, 6) is 0. The molecule has 0 atom stereocenters. The Morgan fingerprint density at radius 2 is 2.22 bits per heavy atom. The monoisotopic (exact) mass is 144 g/mol. The van der Waals surface area contributed by atoms with Crippen LogP contribution in [0.4, 0.5) is 0 Å². The maximum absolute atomic E-state index is 3.95. The van der Waals surface area contributed by atoms with Crippen LogP contribution in [0, 0.1) is 0 Å². The molecule has 0 aromatic carbocycles. The topological polar surface area (TPSA) is 24.4 Å². The van der Waals surface area contributed by atoms with E-state index in [1.54, 1.807) is 18.8 Å². The van der Waals surface area contributed by atoms with Crippen molar-refractivity contribution in [2.24, 2.45) is 4.99 Å². The minimum absolute atomic E-state index is 0.905. The lowest BCUT2D eigenvalue weighted by Crippen LogP contribution is -2.13. The van der Waals surface area contributed by atoms with Gasteiger partial charge in [0.25, 0.3) is 0 Å². The largest absolute Gasteiger partial charge is 0.368 e. The minimum Gasteiger partial charge on any atom is -0.368 e. The van der Waals surface area contributed by atoms with E-state index in [9.17, 15) is 0 Å². The van der Waals surface area contributed by atoms with Crippen molar-refractivity contribution in [3.8, 4) is 0 Å². The first-order valence-electron chi connectivity index (χ1n) is 2.68. The third kappa shape index (κ3) is 4.09. The van der Waals surface area contributed by atoms with Gasteiger partial charge in [-0.1, -0.05) is 18.3 Å². The van der Waals surface area contributed by atoms with Gasteiger partial charge in [0, 0.05) is 14.1 Å². The van der Waals surface area contributed by atoms with E-state index in [-0.39, 0.29) is 0 Å². The molecule has 3 heteroatoms. The van der Waals surface area contributed by atoms with E-state index in [2.05, 4.69) is 16.9 Å². The maximum atomic E-state index is 3.95. The van der Waals surface area contributed by atoms with Gasteiger partial charge in [-0.3, -0.25) is 4.99 Å². The second-order valence-electron chi connectivity index (χ2n) is 1.58. The standard InChI is InChI=1S/C6H12N2S/c1-5(2)9-6(7-3)8-4/h1H2,2-4H3,(H,7,8). The van der Waals surface area contributed by atoms with Gasteiger partial charge >= 0.3 is 0 Å². The van der Waals surface area contributed by atoms with Crippen LogP contribution in [0.3, 0.4) is 0 Å². The number of allylic oxidation sites excluding steroid dienone is 1. The lowest BCUT2D eigenvalue weighted by molar-refractivity contribution is 1.18. The molecule has 0 aromatic rings. The summed E-state index contributed by atoms with van der Waals surface area (Å²) in [5.41, 5.74) is 0. The number of hydrogen-bond donors (Lipinski definition) is 1. The van der Waals surface area contributed by atoms with Crippen molar-refractivity contribution in [3.05, 3.63) is 11.5 Å². The highest BCUT2D eigenvalue weighted by molar-refractivity contribution is 8.17. The molecule has 9 heavy (non-hydrogen) atoms. The van der Waals surface area contributed by atoms with E-state index in [1.807, 2.05) is 14.0 Å². The number of nitrogens with one attached hydrogen (secondary N) is 1. The van der Waals surface area contributed by atoms with Crippen LogP contribution in [0.15, 0.2) is 16.5 Å². The SMILES string of the molecule is C=C(C)SC(=NC)NC. The van der Waals surface area contributed by atoms with Crippen molar-refractivity contribution in [2.45, 2.75) is 6.92 Å². The zero-order chi connectivity index (χ0) is 7.28. The molecule has 0 amide bonds. The average Bonchev–Trinajstić information content (AvgIpc) is 1.82. The predicted molar refractivity (Wildman–Crippen MR) is 44.8 cm³/mol. The Bertz CT molecular complexity index is 129. The molecule has 0 unspecified atom stereocenters. The molecule has 52 valence electrons. The number of hydrogen-bond acceptors (Lipinski definition) is 2. The third-order valence-corrected chi connectivity index (χ3v) is 1.62. The molecule has 1 N–H and O–H groups in total. The summed E-state index contributed by atoms with van der Waals surface area (Å²) < 4.78 is 0. The van der Waals surface area contributed by atoms with Gasteiger partial charge in [-0.05, 0) is 11.8 Å². The molecule has 0 aliphatic rings. The normalized spacial score (nSPS) is 11.2. The number of aliphatic imine (C=N–C) groups is 1. The molecule has 2 nitrogen and oxygen atoms in total. The summed E-state index contributed by atoms with van der Waals surface area (Å²) in [5, 5.41) is 3.84. The second kappa shape index (κ2) is 4.44. The molecular weight excluding hydrogens is 132 g/mol. The predicted octanol–water partition coefficient (Wildman–Crippen LogP) is 1.46. The Labute approximate surface area is 60.4 Å². The summed E-state index contributed by atoms with van der Waals surface area (Å²) in [6.07, 6.45) is 0. The number of thioether (sulfide) groups is 1. The lowest BCUT2D eigenvalue weighted by atomic mass is 10.8. The lowest BCUT2D eigenvalue weighted by Gasteiger charge is -2.00. The van der Waals surface area contributed by atoms with E-state index >= 15 is 0 Å². The molecule has 0 heterocycles. The van der Waals surface area contributed by atoms with Crippen LogP contribution in [0.1, 0.15) is 6.92 Å². The summed E-state index contributed by atoms with van der Waals surface area (Å²) in [7, 11) is 3.60. The molecule has 0 fully saturated rings. The molecule has 0 aromatic heterocycles. The van der Waals surface area contributed by atoms with E-state index in [4.69, 9.17) is 0 Å². The van der Waals surface area contributed by atoms with Gasteiger partial charge in [-0.2, -0.15) is 0 Å². The van der Waals surface area contributed by atoms with Crippen LogP contribution >= 0.6 is 11.8 Å². The molecule has 0 aliphatic carbocycles. The number of rotatable bonds is 1. The number of amidine groups is 1. The van der Waals surface area contributed by atoms with Crippen molar-refractivity contribution in [3.63, 3.8) is 0 Å². The maximum Gasteiger partial charge on any atom is 0.160 e. The first-order valence-corrected chi connectivity index (χ1v) is 3.50. The van der Waals surface area contributed by atoms with E-state index in [0.717, 1.165) is 10.1 Å². The van der Waals surface area contributed by atoms with Crippen molar-refractivity contribution in [2.75, 3.05) is 14.1 Å². The van der Waals surface area contributed by atoms with Gasteiger partial charge in [-0.15, -0.1) is 0 Å². The fraction of sp³-hybridized carbons (Fsp3) is 0.500. The summed E-state index contributed by atoms with van der Waals surface area (Å²) in [6, 6.07) is 0. The second-order valence-corrected chi connectivity index (χ2v) is 2.87. The van der Waals surface area contributed by atoms with Crippen LogP contribution in [0.5, 0.6) is 0 Å². The molecule has 0 radical (unpaired) electrons. The Balaban J connectivity index is 3.71. The summed E-state index contributed by atoms with van der Waals surface area (Å²) in [4.78, 5) is 5.00. The average molecular weight is 144 g/mol. The smallest absolute Gasteiger partial charge is 0.160 e. The van der Waals surface area contributed by atoms with Gasteiger partial charge in [-0.25, -0.2) is 0 Å². The van der Waals surface area contributed by atoms with E-state index in [1.165, 1.54) is 0 Å². The molecule has 0 aliphatic heterocycles.